The van der Waals surface area contributed by atoms with Gasteiger partial charge in [-0.05, 0) is 25.1 Å². The number of rotatable bonds is 6. The maximum absolute atomic E-state index is 11.6. The van der Waals surface area contributed by atoms with Crippen molar-refractivity contribution in [3.05, 3.63) is 44.1 Å². The molecule has 1 heterocycles. The first-order chi connectivity index (χ1) is 10.4. The fourth-order valence-corrected chi connectivity index (χ4v) is 2.70. The van der Waals surface area contributed by atoms with Gasteiger partial charge >= 0.3 is 5.97 Å². The molecule has 1 unspecified atom stereocenters. The first-order valence-electron chi connectivity index (χ1n) is 6.56. The molecule has 0 aliphatic heterocycles. The van der Waals surface area contributed by atoms with Crippen molar-refractivity contribution in [2.45, 2.75) is 19.3 Å². The van der Waals surface area contributed by atoms with Gasteiger partial charge in [0.05, 0.1) is 24.0 Å². The molecule has 0 N–H and O–H groups in total. The van der Waals surface area contributed by atoms with E-state index in [1.165, 1.54) is 6.07 Å². The molecule has 0 saturated heterocycles. The van der Waals surface area contributed by atoms with Gasteiger partial charge in [0.1, 0.15) is 5.76 Å². The number of fused-ring (bicyclic) bond motifs is 1. The molecule has 118 valence electrons. The summed E-state index contributed by atoms with van der Waals surface area (Å²) in [4.78, 5) is 21.9. The minimum Gasteiger partial charge on any atom is -0.466 e. The van der Waals surface area contributed by atoms with Gasteiger partial charge in [-0.1, -0.05) is 23.2 Å². The van der Waals surface area contributed by atoms with Crippen molar-refractivity contribution < 1.29 is 18.9 Å². The molecule has 2 aromatic rings. The van der Waals surface area contributed by atoms with Gasteiger partial charge in [0.25, 0.3) is 0 Å². The number of ether oxygens (including phenoxy) is 1. The number of furan rings is 1. The van der Waals surface area contributed by atoms with E-state index in [-0.39, 0.29) is 13.0 Å². The topological polar surface area (TPSA) is 82.6 Å². The normalized spacial score (nSPS) is 12.3. The van der Waals surface area contributed by atoms with E-state index >= 15 is 0 Å². The molecule has 0 aliphatic carbocycles. The lowest BCUT2D eigenvalue weighted by Gasteiger charge is -2.09. The Morgan fingerprint density at radius 3 is 2.77 bits per heavy atom. The highest BCUT2D eigenvalue weighted by Gasteiger charge is 2.26. The van der Waals surface area contributed by atoms with Crippen LogP contribution in [0.2, 0.25) is 10.0 Å². The summed E-state index contributed by atoms with van der Waals surface area (Å²) in [5.41, 5.74) is 0.387. The number of carbonyl (C=O) groups excluding carboxylic acids is 1. The molecule has 22 heavy (non-hydrogen) atoms. The fraction of sp³-hybridized carbons (Fsp3) is 0.357. The van der Waals surface area contributed by atoms with Crippen LogP contribution in [0.25, 0.3) is 11.0 Å². The van der Waals surface area contributed by atoms with Crippen molar-refractivity contribution in [2.24, 2.45) is 0 Å². The Bertz CT molecular complexity index is 713. The van der Waals surface area contributed by atoms with Crippen LogP contribution in [0.15, 0.2) is 22.6 Å². The average molecular weight is 346 g/mol. The molecule has 2 rings (SSSR count). The van der Waals surface area contributed by atoms with Crippen molar-refractivity contribution in [3.63, 3.8) is 0 Å². The Balaban J connectivity index is 2.36. The maximum atomic E-state index is 11.6. The molecule has 0 amide bonds. The molecule has 0 radical (unpaired) electrons. The number of hydrogen-bond acceptors (Lipinski definition) is 5. The highest BCUT2D eigenvalue weighted by Crippen LogP contribution is 2.34. The van der Waals surface area contributed by atoms with E-state index in [0.29, 0.717) is 26.8 Å². The van der Waals surface area contributed by atoms with Gasteiger partial charge in [-0.15, -0.1) is 0 Å². The van der Waals surface area contributed by atoms with Gasteiger partial charge in [-0.3, -0.25) is 14.9 Å². The van der Waals surface area contributed by atoms with Gasteiger partial charge in [0.2, 0.25) is 6.54 Å². The van der Waals surface area contributed by atoms with E-state index in [2.05, 4.69) is 0 Å². The van der Waals surface area contributed by atoms with Gasteiger partial charge in [-0.25, -0.2) is 0 Å². The van der Waals surface area contributed by atoms with Crippen LogP contribution in [0.3, 0.4) is 0 Å². The third-order valence-corrected chi connectivity index (χ3v) is 3.54. The van der Waals surface area contributed by atoms with Gasteiger partial charge in [-0.2, -0.15) is 0 Å². The summed E-state index contributed by atoms with van der Waals surface area (Å²) >= 11 is 12.0. The third-order valence-electron chi connectivity index (χ3n) is 3.04. The van der Waals surface area contributed by atoms with Crippen molar-refractivity contribution in [1.82, 2.24) is 0 Å². The molecular weight excluding hydrogens is 333 g/mol. The molecule has 0 saturated carbocycles. The summed E-state index contributed by atoms with van der Waals surface area (Å²) < 4.78 is 10.4. The molecular formula is C14H13Cl2NO5. The van der Waals surface area contributed by atoms with E-state index in [1.54, 1.807) is 19.1 Å². The van der Waals surface area contributed by atoms with Gasteiger partial charge < -0.3 is 9.15 Å². The lowest BCUT2D eigenvalue weighted by Crippen LogP contribution is -2.17. The van der Waals surface area contributed by atoms with E-state index in [4.69, 9.17) is 32.4 Å². The molecule has 0 fully saturated rings. The van der Waals surface area contributed by atoms with Crippen LogP contribution < -0.4 is 0 Å². The summed E-state index contributed by atoms with van der Waals surface area (Å²) in [6.07, 6.45) is -0.139. The van der Waals surface area contributed by atoms with Gasteiger partial charge in [0, 0.05) is 15.3 Å². The summed E-state index contributed by atoms with van der Waals surface area (Å²) in [5, 5.41) is 12.2. The summed E-state index contributed by atoms with van der Waals surface area (Å²) in [5.74, 6) is -0.931. The van der Waals surface area contributed by atoms with Crippen LogP contribution in [0.1, 0.15) is 25.0 Å². The van der Waals surface area contributed by atoms with E-state index < -0.39 is 23.4 Å². The van der Waals surface area contributed by atoms with E-state index in [1.807, 2.05) is 0 Å². The standard InChI is InChI=1S/C14H13Cl2NO5/c1-2-21-13(18)5-9(7-17(19)20)12-4-8-3-10(15)6-11(16)14(8)22-12/h3-4,6,9H,2,5,7H2,1H3. The zero-order chi connectivity index (χ0) is 16.3. The maximum Gasteiger partial charge on any atom is 0.306 e. The Morgan fingerprint density at radius 1 is 1.41 bits per heavy atom. The predicted molar refractivity (Wildman–Crippen MR) is 82.1 cm³/mol. The Kier molecular flexibility index (Phi) is 5.26. The van der Waals surface area contributed by atoms with Crippen LogP contribution in [0, 0.1) is 10.1 Å². The third kappa shape index (κ3) is 3.90. The molecule has 0 aliphatic rings. The Hall–Kier alpha value is -1.79. The van der Waals surface area contributed by atoms with Gasteiger partial charge in [0.15, 0.2) is 5.58 Å². The second-order valence-electron chi connectivity index (χ2n) is 4.68. The summed E-state index contributed by atoms with van der Waals surface area (Å²) in [6, 6.07) is 4.77. The highest BCUT2D eigenvalue weighted by atomic mass is 35.5. The minimum atomic E-state index is -0.726. The molecule has 8 heteroatoms. The summed E-state index contributed by atoms with van der Waals surface area (Å²) in [7, 11) is 0. The Morgan fingerprint density at radius 2 is 2.14 bits per heavy atom. The number of carbonyl (C=O) groups is 1. The van der Waals surface area contributed by atoms with Crippen LogP contribution in [-0.4, -0.2) is 24.0 Å². The molecule has 6 nitrogen and oxygen atoms in total. The smallest absolute Gasteiger partial charge is 0.306 e. The highest BCUT2D eigenvalue weighted by molar-refractivity contribution is 6.38. The number of nitrogens with zero attached hydrogens (tertiary/aromatic N) is 1. The van der Waals surface area contributed by atoms with Crippen LogP contribution in [0.4, 0.5) is 0 Å². The number of benzene rings is 1. The quantitative estimate of drug-likeness (QED) is 0.448. The number of nitro groups is 1. The lowest BCUT2D eigenvalue weighted by atomic mass is 10.0. The molecule has 1 atom stereocenters. The number of esters is 1. The molecule has 0 spiro atoms. The SMILES string of the molecule is CCOC(=O)CC(C[N+](=O)[O-])c1cc2cc(Cl)cc(Cl)c2o1. The Labute approximate surface area is 136 Å². The monoisotopic (exact) mass is 345 g/mol. The molecule has 1 aromatic carbocycles. The van der Waals surface area contributed by atoms with Crippen LogP contribution >= 0.6 is 23.2 Å². The van der Waals surface area contributed by atoms with Crippen molar-refractivity contribution in [2.75, 3.05) is 13.2 Å². The van der Waals surface area contributed by atoms with E-state index in [0.717, 1.165) is 0 Å². The summed E-state index contributed by atoms with van der Waals surface area (Å²) in [6.45, 7) is 1.44. The number of hydrogen-bond donors (Lipinski definition) is 0. The largest absolute Gasteiger partial charge is 0.466 e. The first-order valence-corrected chi connectivity index (χ1v) is 7.32. The van der Waals surface area contributed by atoms with Crippen molar-refractivity contribution in [1.29, 1.82) is 0 Å². The lowest BCUT2D eigenvalue weighted by molar-refractivity contribution is -0.483. The molecule has 0 bridgehead atoms. The molecule has 1 aromatic heterocycles. The predicted octanol–water partition coefficient (Wildman–Crippen LogP) is 4.05. The van der Waals surface area contributed by atoms with Crippen molar-refractivity contribution >= 4 is 40.1 Å². The second-order valence-corrected chi connectivity index (χ2v) is 5.52. The minimum absolute atomic E-state index is 0.139. The zero-order valence-electron chi connectivity index (χ0n) is 11.7. The van der Waals surface area contributed by atoms with Crippen LogP contribution in [-0.2, 0) is 9.53 Å². The first kappa shape index (κ1) is 16.6. The average Bonchev–Trinajstić information content (AvgIpc) is 2.81. The second kappa shape index (κ2) is 6.98. The van der Waals surface area contributed by atoms with E-state index in [9.17, 15) is 14.9 Å². The fourth-order valence-electron chi connectivity index (χ4n) is 2.15. The zero-order valence-corrected chi connectivity index (χ0v) is 13.2. The van der Waals surface area contributed by atoms with Crippen molar-refractivity contribution in [3.8, 4) is 0 Å². The van der Waals surface area contributed by atoms with Crippen LogP contribution in [0.5, 0.6) is 0 Å². The number of halogens is 2.